The molecule has 6 heteroatoms. The fourth-order valence-corrected chi connectivity index (χ4v) is 4.01. The molecule has 2 atom stereocenters. The topological polar surface area (TPSA) is 80.0 Å². The Morgan fingerprint density at radius 3 is 2.62 bits per heavy atom. The molecule has 0 aliphatic carbocycles. The summed E-state index contributed by atoms with van der Waals surface area (Å²) >= 11 is 0. The second kappa shape index (κ2) is 6.30. The second-order valence-corrected chi connectivity index (χ2v) is 7.18. The van der Waals surface area contributed by atoms with E-state index in [0.717, 1.165) is 48.8 Å². The van der Waals surface area contributed by atoms with Crippen LogP contribution in [0, 0.1) is 0 Å². The Labute approximate surface area is 152 Å². The molecule has 6 nitrogen and oxygen atoms in total. The maximum Gasteiger partial charge on any atom is 0.129 e. The van der Waals surface area contributed by atoms with Gasteiger partial charge < -0.3 is 16.0 Å². The predicted octanol–water partition coefficient (Wildman–Crippen LogP) is 1.99. The standard InChI is InChI=1S/C20H22N6/c21-15-7-8-22-19(15)20-18(23-9-10-24-20)14-11-26(12-14)17-6-5-13-3-1-2-4-16(13)25-17/h1-6,9-10,14-15,19,22H,7-8,11-12,21H2. The molecule has 2 aromatic heterocycles. The van der Waals surface area contributed by atoms with Crippen LogP contribution in [0.5, 0.6) is 0 Å². The van der Waals surface area contributed by atoms with E-state index in [1.165, 1.54) is 5.39 Å². The minimum Gasteiger partial charge on any atom is -0.355 e. The van der Waals surface area contributed by atoms with Crippen LogP contribution < -0.4 is 16.0 Å². The summed E-state index contributed by atoms with van der Waals surface area (Å²) in [6, 6.07) is 12.7. The van der Waals surface area contributed by atoms with Crippen molar-refractivity contribution in [1.82, 2.24) is 20.3 Å². The van der Waals surface area contributed by atoms with Crippen molar-refractivity contribution in [3.8, 4) is 0 Å². The Morgan fingerprint density at radius 2 is 1.81 bits per heavy atom. The van der Waals surface area contributed by atoms with Crippen LogP contribution in [-0.4, -0.2) is 40.6 Å². The van der Waals surface area contributed by atoms with Gasteiger partial charge in [0.15, 0.2) is 0 Å². The van der Waals surface area contributed by atoms with Gasteiger partial charge >= 0.3 is 0 Å². The number of nitrogens with two attached hydrogens (primary N) is 1. The quantitative estimate of drug-likeness (QED) is 0.755. The third-order valence-corrected chi connectivity index (χ3v) is 5.50. The van der Waals surface area contributed by atoms with E-state index in [1.54, 1.807) is 12.4 Å². The Morgan fingerprint density at radius 1 is 1.00 bits per heavy atom. The van der Waals surface area contributed by atoms with Crippen LogP contribution in [0.3, 0.4) is 0 Å². The van der Waals surface area contributed by atoms with Crippen LogP contribution in [0.25, 0.3) is 10.9 Å². The Hall–Kier alpha value is -2.57. The van der Waals surface area contributed by atoms with Gasteiger partial charge in [-0.3, -0.25) is 9.97 Å². The fraction of sp³-hybridized carbons (Fsp3) is 0.350. The minimum atomic E-state index is 0.115. The first kappa shape index (κ1) is 15.7. The van der Waals surface area contributed by atoms with Crippen LogP contribution >= 0.6 is 0 Å². The molecule has 3 N–H and O–H groups in total. The highest BCUT2D eigenvalue weighted by molar-refractivity contribution is 5.80. The van der Waals surface area contributed by atoms with Crippen molar-refractivity contribution >= 4 is 16.7 Å². The van der Waals surface area contributed by atoms with Crippen LogP contribution in [0.4, 0.5) is 5.82 Å². The molecule has 2 fully saturated rings. The van der Waals surface area contributed by atoms with Crippen LogP contribution in [0.15, 0.2) is 48.8 Å². The molecule has 0 amide bonds. The highest BCUT2D eigenvalue weighted by Gasteiger charge is 2.36. The van der Waals surface area contributed by atoms with Crippen molar-refractivity contribution in [2.75, 3.05) is 24.5 Å². The summed E-state index contributed by atoms with van der Waals surface area (Å²) in [6.07, 6.45) is 4.54. The van der Waals surface area contributed by atoms with Crippen molar-refractivity contribution in [1.29, 1.82) is 0 Å². The molecular formula is C20H22N6. The molecular weight excluding hydrogens is 324 g/mol. The Bertz CT molecular complexity index is 936. The zero-order valence-corrected chi connectivity index (χ0v) is 14.5. The van der Waals surface area contributed by atoms with Crippen LogP contribution in [0.1, 0.15) is 29.8 Å². The first-order valence-electron chi connectivity index (χ1n) is 9.20. The number of benzene rings is 1. The summed E-state index contributed by atoms with van der Waals surface area (Å²) < 4.78 is 0. The molecule has 0 radical (unpaired) electrons. The number of hydrogen-bond acceptors (Lipinski definition) is 6. The van der Waals surface area contributed by atoms with Gasteiger partial charge in [0.05, 0.1) is 22.9 Å². The van der Waals surface area contributed by atoms with E-state index in [1.807, 2.05) is 12.1 Å². The van der Waals surface area contributed by atoms with Crippen molar-refractivity contribution in [3.63, 3.8) is 0 Å². The minimum absolute atomic E-state index is 0.115. The predicted molar refractivity (Wildman–Crippen MR) is 102 cm³/mol. The zero-order valence-electron chi connectivity index (χ0n) is 14.5. The van der Waals surface area contributed by atoms with Crippen molar-refractivity contribution in [3.05, 3.63) is 60.2 Å². The van der Waals surface area contributed by atoms with E-state index < -0.39 is 0 Å². The first-order chi connectivity index (χ1) is 12.8. The van der Waals surface area contributed by atoms with E-state index in [-0.39, 0.29) is 12.1 Å². The summed E-state index contributed by atoms with van der Waals surface area (Å²) in [5.74, 6) is 1.41. The number of anilines is 1. The van der Waals surface area contributed by atoms with E-state index in [2.05, 4.69) is 44.5 Å². The average Bonchev–Trinajstić information content (AvgIpc) is 3.07. The van der Waals surface area contributed by atoms with Gasteiger partial charge in [-0.25, -0.2) is 4.98 Å². The molecule has 1 aromatic carbocycles. The summed E-state index contributed by atoms with van der Waals surface area (Å²) in [4.78, 5) is 16.4. The third-order valence-electron chi connectivity index (χ3n) is 5.50. The molecule has 132 valence electrons. The van der Waals surface area contributed by atoms with Crippen molar-refractivity contribution in [2.45, 2.75) is 24.4 Å². The number of para-hydroxylation sites is 1. The molecule has 2 aliphatic rings. The lowest BCUT2D eigenvalue weighted by molar-refractivity contribution is 0.480. The fourth-order valence-electron chi connectivity index (χ4n) is 4.01. The molecule has 5 rings (SSSR count). The van der Waals surface area contributed by atoms with Gasteiger partial charge in [0.2, 0.25) is 0 Å². The first-order valence-corrected chi connectivity index (χ1v) is 9.20. The van der Waals surface area contributed by atoms with Crippen molar-refractivity contribution < 1.29 is 0 Å². The number of hydrogen-bond donors (Lipinski definition) is 2. The number of nitrogens with one attached hydrogen (secondary N) is 1. The van der Waals surface area contributed by atoms with Crippen LogP contribution in [-0.2, 0) is 0 Å². The summed E-state index contributed by atoms with van der Waals surface area (Å²) in [5.41, 5.74) is 9.40. The molecule has 4 heterocycles. The van der Waals surface area contributed by atoms with E-state index in [4.69, 9.17) is 10.7 Å². The molecule has 2 saturated heterocycles. The smallest absolute Gasteiger partial charge is 0.129 e. The number of nitrogens with zero attached hydrogens (tertiary/aromatic N) is 4. The molecule has 0 spiro atoms. The maximum absolute atomic E-state index is 6.26. The second-order valence-electron chi connectivity index (χ2n) is 7.18. The lowest BCUT2D eigenvalue weighted by Crippen LogP contribution is -2.46. The van der Waals surface area contributed by atoms with Gasteiger partial charge in [0.25, 0.3) is 0 Å². The van der Waals surface area contributed by atoms with Crippen LogP contribution in [0.2, 0.25) is 0 Å². The number of pyridine rings is 1. The summed E-state index contributed by atoms with van der Waals surface area (Å²) in [5, 5.41) is 4.65. The molecule has 0 saturated carbocycles. The maximum atomic E-state index is 6.26. The molecule has 3 aromatic rings. The molecule has 0 bridgehead atoms. The van der Waals surface area contributed by atoms with E-state index in [9.17, 15) is 0 Å². The van der Waals surface area contributed by atoms with Gasteiger partial charge in [0, 0.05) is 42.8 Å². The average molecular weight is 346 g/mol. The Balaban J connectivity index is 1.36. The molecule has 2 aliphatic heterocycles. The third kappa shape index (κ3) is 2.62. The lowest BCUT2D eigenvalue weighted by Gasteiger charge is -2.40. The summed E-state index contributed by atoms with van der Waals surface area (Å²) in [7, 11) is 0. The summed E-state index contributed by atoms with van der Waals surface area (Å²) in [6.45, 7) is 2.78. The lowest BCUT2D eigenvalue weighted by atomic mass is 9.91. The van der Waals surface area contributed by atoms with Gasteiger partial charge in [-0.1, -0.05) is 18.2 Å². The number of aromatic nitrogens is 3. The van der Waals surface area contributed by atoms with Gasteiger partial charge in [-0.2, -0.15) is 0 Å². The van der Waals surface area contributed by atoms with Gasteiger partial charge in [-0.05, 0) is 31.2 Å². The normalized spacial score (nSPS) is 23.3. The molecule has 2 unspecified atom stereocenters. The molecule has 26 heavy (non-hydrogen) atoms. The highest BCUT2D eigenvalue weighted by Crippen LogP contribution is 2.34. The van der Waals surface area contributed by atoms with Gasteiger partial charge in [-0.15, -0.1) is 0 Å². The van der Waals surface area contributed by atoms with Crippen molar-refractivity contribution in [2.24, 2.45) is 5.73 Å². The Kier molecular flexibility index (Phi) is 3.80. The van der Waals surface area contributed by atoms with Gasteiger partial charge in [0.1, 0.15) is 5.82 Å². The van der Waals surface area contributed by atoms with E-state index >= 15 is 0 Å². The number of rotatable bonds is 3. The zero-order chi connectivity index (χ0) is 17.5. The number of fused-ring (bicyclic) bond motifs is 1. The highest BCUT2D eigenvalue weighted by atomic mass is 15.2. The monoisotopic (exact) mass is 346 g/mol. The van der Waals surface area contributed by atoms with E-state index in [0.29, 0.717) is 5.92 Å². The SMILES string of the molecule is NC1CCNC1c1nccnc1C1CN(c2ccc3ccccc3n2)C1. The largest absolute Gasteiger partial charge is 0.355 e.